The van der Waals surface area contributed by atoms with Crippen molar-refractivity contribution in [3.8, 4) is 0 Å². The predicted octanol–water partition coefficient (Wildman–Crippen LogP) is 4.81. The molecular formula is C26H37N3O5S. The van der Waals surface area contributed by atoms with Crippen molar-refractivity contribution < 1.29 is 22.7 Å². The number of nitrogens with one attached hydrogen (secondary N) is 2. The number of rotatable bonds is 5. The zero-order valence-electron chi connectivity index (χ0n) is 21.2. The molecule has 1 aromatic carbocycles. The molecule has 0 aromatic heterocycles. The third-order valence-electron chi connectivity index (χ3n) is 7.26. The predicted molar refractivity (Wildman–Crippen MR) is 136 cm³/mol. The number of amides is 3. The van der Waals surface area contributed by atoms with Gasteiger partial charge in [-0.25, -0.2) is 22.7 Å². The van der Waals surface area contributed by atoms with E-state index in [1.54, 1.807) is 25.7 Å². The van der Waals surface area contributed by atoms with Gasteiger partial charge in [-0.2, -0.15) is 0 Å². The standard InChI is InChI=1S/C26H37N3O5S/c1-5-26(13-8-15-29(26)24(31)34-25(2,3)4)14-16-35(32,33)28-23(30)27-22-20-11-6-9-18(20)17-19-10-7-12-21(19)22/h14,16-17H,5-13,15H2,1-4H3,(H2,27,28,30)/b16-14+/t26-/m0/s1. The lowest BCUT2D eigenvalue weighted by atomic mass is 9.93. The summed E-state index contributed by atoms with van der Waals surface area (Å²) in [4.78, 5) is 27.1. The second-order valence-electron chi connectivity index (χ2n) is 10.8. The molecule has 192 valence electrons. The number of urea groups is 1. The minimum absolute atomic E-state index is 0.462. The highest BCUT2D eigenvalue weighted by Gasteiger charge is 2.42. The number of anilines is 1. The van der Waals surface area contributed by atoms with Crippen molar-refractivity contribution in [2.45, 2.75) is 96.6 Å². The van der Waals surface area contributed by atoms with Gasteiger partial charge in [-0.3, -0.25) is 4.90 Å². The number of carbonyl (C=O) groups is 2. The topological polar surface area (TPSA) is 105 Å². The molecule has 0 spiro atoms. The summed E-state index contributed by atoms with van der Waals surface area (Å²) in [6.45, 7) is 7.81. The van der Waals surface area contributed by atoms with Gasteiger partial charge in [0.25, 0.3) is 10.0 Å². The summed E-state index contributed by atoms with van der Waals surface area (Å²) in [7, 11) is -4.07. The molecule has 3 amide bonds. The van der Waals surface area contributed by atoms with Crippen molar-refractivity contribution in [2.75, 3.05) is 11.9 Å². The fraction of sp³-hybridized carbons (Fsp3) is 0.615. The quantitative estimate of drug-likeness (QED) is 0.600. The Morgan fingerprint density at radius 1 is 1.09 bits per heavy atom. The Hall–Kier alpha value is -2.55. The van der Waals surface area contributed by atoms with Crippen molar-refractivity contribution in [1.29, 1.82) is 0 Å². The van der Waals surface area contributed by atoms with Crippen LogP contribution >= 0.6 is 0 Å². The van der Waals surface area contributed by atoms with Crippen LogP contribution in [-0.2, 0) is 40.4 Å². The number of fused-ring (bicyclic) bond motifs is 2. The molecule has 0 radical (unpaired) electrons. The maximum atomic E-state index is 12.8. The summed E-state index contributed by atoms with van der Waals surface area (Å²) >= 11 is 0. The summed E-state index contributed by atoms with van der Waals surface area (Å²) in [5.74, 6) is 0. The van der Waals surface area contributed by atoms with E-state index in [2.05, 4.69) is 16.1 Å². The molecule has 0 saturated carbocycles. The van der Waals surface area contributed by atoms with E-state index in [4.69, 9.17) is 4.74 Å². The molecule has 1 heterocycles. The Morgan fingerprint density at radius 3 is 2.29 bits per heavy atom. The van der Waals surface area contributed by atoms with Crippen LogP contribution in [0.4, 0.5) is 15.3 Å². The Morgan fingerprint density at radius 2 is 1.71 bits per heavy atom. The fourth-order valence-corrected chi connectivity index (χ4v) is 6.45. The number of hydrogen-bond acceptors (Lipinski definition) is 5. The molecule has 2 N–H and O–H groups in total. The smallest absolute Gasteiger partial charge is 0.410 e. The molecular weight excluding hydrogens is 466 g/mol. The number of aryl methyl sites for hydroxylation is 2. The van der Waals surface area contributed by atoms with Crippen molar-refractivity contribution in [3.63, 3.8) is 0 Å². The summed E-state index contributed by atoms with van der Waals surface area (Å²) in [6.07, 6.45) is 8.83. The van der Waals surface area contributed by atoms with Gasteiger partial charge in [-0.1, -0.05) is 13.0 Å². The summed E-state index contributed by atoms with van der Waals surface area (Å²) in [6, 6.07) is 1.50. The van der Waals surface area contributed by atoms with Gasteiger partial charge >= 0.3 is 12.1 Å². The van der Waals surface area contributed by atoms with Gasteiger partial charge in [0.1, 0.15) is 5.60 Å². The van der Waals surface area contributed by atoms with Crippen LogP contribution in [0.15, 0.2) is 17.6 Å². The van der Waals surface area contributed by atoms with Crippen LogP contribution in [0.3, 0.4) is 0 Å². The SMILES string of the molecule is CC[C@@]1(/C=C/S(=O)(=O)NC(=O)Nc2c3c(cc4c2CCC4)CCC3)CCCN1C(=O)OC(C)(C)C. The summed E-state index contributed by atoms with van der Waals surface area (Å²) < 4.78 is 33.3. The Labute approximate surface area is 208 Å². The highest BCUT2D eigenvalue weighted by Crippen LogP contribution is 2.39. The average Bonchev–Trinajstić information content (AvgIpc) is 3.50. The first-order chi connectivity index (χ1) is 16.4. The normalized spacial score (nSPS) is 21.8. The molecule has 3 aliphatic rings. The largest absolute Gasteiger partial charge is 0.444 e. The van der Waals surface area contributed by atoms with Crippen LogP contribution < -0.4 is 10.0 Å². The second-order valence-corrected chi connectivity index (χ2v) is 12.4. The van der Waals surface area contributed by atoms with E-state index in [9.17, 15) is 18.0 Å². The lowest BCUT2D eigenvalue weighted by Crippen LogP contribution is -2.47. The van der Waals surface area contributed by atoms with E-state index < -0.39 is 33.3 Å². The number of hydrogen-bond donors (Lipinski definition) is 2. The van der Waals surface area contributed by atoms with E-state index in [1.807, 2.05) is 6.92 Å². The summed E-state index contributed by atoms with van der Waals surface area (Å²) in [5, 5.41) is 3.87. The Kier molecular flexibility index (Phi) is 6.92. The van der Waals surface area contributed by atoms with E-state index in [0.29, 0.717) is 19.4 Å². The number of carbonyl (C=O) groups excluding carboxylic acids is 2. The minimum atomic E-state index is -4.07. The van der Waals surface area contributed by atoms with E-state index in [0.717, 1.165) is 67.2 Å². The van der Waals surface area contributed by atoms with Gasteiger partial charge < -0.3 is 10.1 Å². The van der Waals surface area contributed by atoms with Crippen LogP contribution in [0, 0.1) is 0 Å². The molecule has 0 unspecified atom stereocenters. The zero-order chi connectivity index (χ0) is 25.4. The minimum Gasteiger partial charge on any atom is -0.444 e. The average molecular weight is 504 g/mol. The zero-order valence-corrected chi connectivity index (χ0v) is 22.0. The van der Waals surface area contributed by atoms with Gasteiger partial charge in [0.05, 0.1) is 5.54 Å². The molecule has 9 heteroatoms. The van der Waals surface area contributed by atoms with Gasteiger partial charge in [-0.15, -0.1) is 0 Å². The van der Waals surface area contributed by atoms with Crippen LogP contribution in [-0.4, -0.2) is 43.1 Å². The molecule has 1 aromatic rings. The maximum absolute atomic E-state index is 12.8. The number of nitrogens with zero attached hydrogens (tertiary/aromatic N) is 1. The highest BCUT2D eigenvalue weighted by molar-refractivity contribution is 7.92. The lowest BCUT2D eigenvalue weighted by Gasteiger charge is -2.36. The van der Waals surface area contributed by atoms with Crippen LogP contribution in [0.25, 0.3) is 0 Å². The van der Waals surface area contributed by atoms with Crippen molar-refractivity contribution >= 4 is 27.8 Å². The van der Waals surface area contributed by atoms with Crippen molar-refractivity contribution in [2.24, 2.45) is 0 Å². The first-order valence-corrected chi connectivity index (χ1v) is 14.2. The van der Waals surface area contributed by atoms with E-state index >= 15 is 0 Å². The molecule has 1 saturated heterocycles. The third-order valence-corrected chi connectivity index (χ3v) is 8.22. The monoisotopic (exact) mass is 503 g/mol. The summed E-state index contributed by atoms with van der Waals surface area (Å²) in [5.41, 5.74) is 4.17. The van der Waals surface area contributed by atoms with E-state index in [-0.39, 0.29) is 0 Å². The second kappa shape index (κ2) is 9.48. The highest BCUT2D eigenvalue weighted by atomic mass is 32.2. The van der Waals surface area contributed by atoms with Crippen LogP contribution in [0.5, 0.6) is 0 Å². The molecule has 1 aliphatic heterocycles. The lowest BCUT2D eigenvalue weighted by molar-refractivity contribution is 0.0142. The van der Waals surface area contributed by atoms with Gasteiger partial charge in [0.15, 0.2) is 0 Å². The van der Waals surface area contributed by atoms with Gasteiger partial charge in [-0.05, 0) is 107 Å². The number of benzene rings is 1. The Balaban J connectivity index is 1.48. The van der Waals surface area contributed by atoms with Gasteiger partial charge in [0.2, 0.25) is 0 Å². The number of sulfonamides is 1. The van der Waals surface area contributed by atoms with Crippen LogP contribution in [0.2, 0.25) is 0 Å². The number of likely N-dealkylation sites (tertiary alicyclic amines) is 1. The van der Waals surface area contributed by atoms with Crippen LogP contribution in [0.1, 0.15) is 82.1 Å². The first kappa shape index (κ1) is 25.5. The van der Waals surface area contributed by atoms with Crippen molar-refractivity contribution in [1.82, 2.24) is 9.62 Å². The first-order valence-electron chi connectivity index (χ1n) is 12.6. The maximum Gasteiger partial charge on any atom is 0.410 e. The molecule has 8 nitrogen and oxygen atoms in total. The molecule has 2 aliphatic carbocycles. The molecule has 35 heavy (non-hydrogen) atoms. The molecule has 1 fully saturated rings. The third kappa shape index (κ3) is 5.50. The molecule has 4 rings (SSSR count). The Bertz CT molecular complexity index is 1120. The number of ether oxygens (including phenoxy) is 1. The fourth-order valence-electron chi connectivity index (χ4n) is 5.64. The van der Waals surface area contributed by atoms with Gasteiger partial charge in [0, 0.05) is 17.6 Å². The molecule has 1 atom stereocenters. The van der Waals surface area contributed by atoms with E-state index in [1.165, 1.54) is 17.2 Å². The molecule has 0 bridgehead atoms. The van der Waals surface area contributed by atoms with Crippen molar-refractivity contribution in [3.05, 3.63) is 39.8 Å².